The largest absolute Gasteiger partial charge is 0.383 e. The van der Waals surface area contributed by atoms with E-state index < -0.39 is 10.0 Å². The van der Waals surface area contributed by atoms with Crippen LogP contribution in [-0.2, 0) is 14.8 Å². The number of hydrogen-bond acceptors (Lipinski definition) is 4. The maximum absolute atomic E-state index is 12.4. The number of sulfonamides is 1. The molecule has 0 aliphatic heterocycles. The van der Waals surface area contributed by atoms with Gasteiger partial charge in [0.1, 0.15) is 0 Å². The van der Waals surface area contributed by atoms with E-state index in [9.17, 15) is 13.2 Å². The summed E-state index contributed by atoms with van der Waals surface area (Å²) in [6.07, 6.45) is 0. The van der Waals surface area contributed by atoms with E-state index in [1.807, 2.05) is 6.92 Å². The molecule has 2 rings (SSSR count). The molecule has 0 aromatic heterocycles. The van der Waals surface area contributed by atoms with Gasteiger partial charge in [-0.1, -0.05) is 29.3 Å². The highest BCUT2D eigenvalue weighted by atomic mass is 35.5. The van der Waals surface area contributed by atoms with Crippen molar-refractivity contribution >= 4 is 33.2 Å². The topological polar surface area (TPSA) is 84.5 Å². The standard InChI is InChI=1S/C17H19ClN2O4S/c1-12-3-6-14(7-4-12)25(22,23)20-13-5-8-15(16(18)11-13)17(21)19-9-10-24-2/h3-8,11,20H,9-10H2,1-2H3,(H,19,21). The highest BCUT2D eigenvalue weighted by Gasteiger charge is 2.16. The molecular weight excluding hydrogens is 364 g/mol. The molecule has 0 atom stereocenters. The highest BCUT2D eigenvalue weighted by molar-refractivity contribution is 7.92. The number of halogens is 1. The molecule has 2 aromatic carbocycles. The number of ether oxygens (including phenoxy) is 1. The SMILES string of the molecule is COCCNC(=O)c1ccc(NS(=O)(=O)c2ccc(C)cc2)cc1Cl. The van der Waals surface area contributed by atoms with E-state index in [4.69, 9.17) is 16.3 Å². The smallest absolute Gasteiger partial charge is 0.261 e. The Morgan fingerprint density at radius 1 is 1.16 bits per heavy atom. The molecule has 0 aliphatic rings. The first-order valence-electron chi connectivity index (χ1n) is 7.49. The van der Waals surface area contributed by atoms with Crippen LogP contribution in [0.5, 0.6) is 0 Å². The van der Waals surface area contributed by atoms with Crippen molar-refractivity contribution in [2.75, 3.05) is 25.0 Å². The molecule has 6 nitrogen and oxygen atoms in total. The van der Waals surface area contributed by atoms with Crippen LogP contribution in [0.15, 0.2) is 47.4 Å². The van der Waals surface area contributed by atoms with Crippen molar-refractivity contribution in [1.29, 1.82) is 0 Å². The van der Waals surface area contributed by atoms with Crippen molar-refractivity contribution in [1.82, 2.24) is 5.32 Å². The third-order valence-electron chi connectivity index (χ3n) is 3.39. The quantitative estimate of drug-likeness (QED) is 0.721. The van der Waals surface area contributed by atoms with E-state index in [-0.39, 0.29) is 27.1 Å². The first-order chi connectivity index (χ1) is 11.8. The summed E-state index contributed by atoms with van der Waals surface area (Å²) in [5, 5.41) is 2.80. The molecule has 8 heteroatoms. The zero-order valence-electron chi connectivity index (χ0n) is 13.9. The highest BCUT2D eigenvalue weighted by Crippen LogP contribution is 2.23. The van der Waals surface area contributed by atoms with Crippen LogP contribution in [0.3, 0.4) is 0 Å². The van der Waals surface area contributed by atoms with E-state index in [1.54, 1.807) is 12.1 Å². The maximum atomic E-state index is 12.4. The lowest BCUT2D eigenvalue weighted by Gasteiger charge is -2.11. The molecule has 0 heterocycles. The zero-order chi connectivity index (χ0) is 18.4. The Kier molecular flexibility index (Phi) is 6.41. The number of hydrogen-bond donors (Lipinski definition) is 2. The number of carbonyl (C=O) groups is 1. The van der Waals surface area contributed by atoms with Gasteiger partial charge in [-0.15, -0.1) is 0 Å². The fourth-order valence-electron chi connectivity index (χ4n) is 2.06. The van der Waals surface area contributed by atoms with Crippen LogP contribution >= 0.6 is 11.6 Å². The van der Waals surface area contributed by atoms with Gasteiger partial charge >= 0.3 is 0 Å². The molecule has 0 aliphatic carbocycles. The van der Waals surface area contributed by atoms with Crippen LogP contribution in [0.1, 0.15) is 15.9 Å². The molecule has 25 heavy (non-hydrogen) atoms. The number of anilines is 1. The van der Waals surface area contributed by atoms with Crippen molar-refractivity contribution in [2.24, 2.45) is 0 Å². The van der Waals surface area contributed by atoms with Crippen LogP contribution in [-0.4, -0.2) is 34.6 Å². The summed E-state index contributed by atoms with van der Waals surface area (Å²) in [6.45, 7) is 2.62. The second-order valence-electron chi connectivity index (χ2n) is 5.36. The van der Waals surface area contributed by atoms with Gasteiger partial charge in [0.25, 0.3) is 15.9 Å². The Morgan fingerprint density at radius 3 is 2.44 bits per heavy atom. The molecule has 2 N–H and O–H groups in total. The van der Waals surface area contributed by atoms with E-state index in [0.717, 1.165) is 5.56 Å². The summed E-state index contributed by atoms with van der Waals surface area (Å²) in [5.41, 5.74) is 1.50. The lowest BCUT2D eigenvalue weighted by Crippen LogP contribution is -2.27. The maximum Gasteiger partial charge on any atom is 0.261 e. The Labute approximate surface area is 152 Å². The van der Waals surface area contributed by atoms with Gasteiger partial charge in [-0.25, -0.2) is 8.42 Å². The van der Waals surface area contributed by atoms with Gasteiger partial charge in [0.2, 0.25) is 0 Å². The molecule has 0 saturated heterocycles. The minimum absolute atomic E-state index is 0.149. The summed E-state index contributed by atoms with van der Waals surface area (Å²) in [5.74, 6) is -0.352. The van der Waals surface area contributed by atoms with Gasteiger partial charge in [0.15, 0.2) is 0 Å². The van der Waals surface area contributed by atoms with E-state index in [2.05, 4.69) is 10.0 Å². The van der Waals surface area contributed by atoms with Gasteiger partial charge in [-0.2, -0.15) is 0 Å². The monoisotopic (exact) mass is 382 g/mol. The molecule has 134 valence electrons. The average molecular weight is 383 g/mol. The molecule has 0 unspecified atom stereocenters. The number of amides is 1. The Balaban J connectivity index is 2.14. The number of methoxy groups -OCH3 is 1. The van der Waals surface area contributed by atoms with Gasteiger partial charge in [-0.05, 0) is 37.3 Å². The number of carbonyl (C=O) groups excluding carboxylic acids is 1. The fourth-order valence-corrected chi connectivity index (χ4v) is 3.37. The van der Waals surface area contributed by atoms with Crippen LogP contribution < -0.4 is 10.0 Å². The minimum Gasteiger partial charge on any atom is -0.383 e. The van der Waals surface area contributed by atoms with E-state index in [1.165, 1.54) is 37.4 Å². The molecular formula is C17H19ClN2O4S. The van der Waals surface area contributed by atoms with Crippen LogP contribution in [0.4, 0.5) is 5.69 Å². The van der Waals surface area contributed by atoms with Crippen molar-refractivity contribution in [2.45, 2.75) is 11.8 Å². The number of benzene rings is 2. The second-order valence-corrected chi connectivity index (χ2v) is 7.45. The molecule has 0 bridgehead atoms. The lowest BCUT2D eigenvalue weighted by molar-refractivity contribution is 0.0937. The first-order valence-corrected chi connectivity index (χ1v) is 9.36. The summed E-state index contributed by atoms with van der Waals surface area (Å²) in [7, 11) is -2.19. The molecule has 0 spiro atoms. The van der Waals surface area contributed by atoms with Crippen molar-refractivity contribution in [3.63, 3.8) is 0 Å². The predicted molar refractivity (Wildman–Crippen MR) is 97.6 cm³/mol. The van der Waals surface area contributed by atoms with Crippen LogP contribution in [0, 0.1) is 6.92 Å². The zero-order valence-corrected chi connectivity index (χ0v) is 15.4. The number of rotatable bonds is 7. The van der Waals surface area contributed by atoms with E-state index >= 15 is 0 Å². The summed E-state index contributed by atoms with van der Waals surface area (Å²) in [4.78, 5) is 12.1. The van der Waals surface area contributed by atoms with Gasteiger partial charge in [-0.3, -0.25) is 9.52 Å². The number of nitrogens with one attached hydrogen (secondary N) is 2. The molecule has 0 fully saturated rings. The normalized spacial score (nSPS) is 11.2. The van der Waals surface area contributed by atoms with Gasteiger partial charge < -0.3 is 10.1 Å². The molecule has 2 aromatic rings. The molecule has 0 radical (unpaired) electrons. The third kappa shape index (κ3) is 5.19. The summed E-state index contributed by atoms with van der Waals surface area (Å²) in [6, 6.07) is 10.8. The molecule has 1 amide bonds. The van der Waals surface area contributed by atoms with Crippen LogP contribution in [0.25, 0.3) is 0 Å². The van der Waals surface area contributed by atoms with Crippen molar-refractivity contribution < 1.29 is 17.9 Å². The Morgan fingerprint density at radius 2 is 1.84 bits per heavy atom. The predicted octanol–water partition coefficient (Wildman–Crippen LogP) is 2.83. The van der Waals surface area contributed by atoms with E-state index in [0.29, 0.717) is 13.2 Å². The first kappa shape index (κ1) is 19.2. The number of aryl methyl sites for hydroxylation is 1. The average Bonchev–Trinajstić information content (AvgIpc) is 2.55. The second kappa shape index (κ2) is 8.33. The third-order valence-corrected chi connectivity index (χ3v) is 5.10. The lowest BCUT2D eigenvalue weighted by atomic mass is 10.2. The van der Waals surface area contributed by atoms with Gasteiger partial charge in [0.05, 0.1) is 27.8 Å². The van der Waals surface area contributed by atoms with Crippen LogP contribution in [0.2, 0.25) is 5.02 Å². The Bertz CT molecular complexity index is 851. The summed E-state index contributed by atoms with van der Waals surface area (Å²) >= 11 is 6.11. The Hall–Kier alpha value is -2.09. The minimum atomic E-state index is -3.72. The van der Waals surface area contributed by atoms with Gasteiger partial charge in [0, 0.05) is 13.7 Å². The molecule has 0 saturated carbocycles. The van der Waals surface area contributed by atoms with Crippen molar-refractivity contribution in [3.05, 3.63) is 58.6 Å². The fraction of sp³-hybridized carbons (Fsp3) is 0.235. The summed E-state index contributed by atoms with van der Waals surface area (Å²) < 4.78 is 32.0. The van der Waals surface area contributed by atoms with Crippen molar-refractivity contribution in [3.8, 4) is 0 Å².